The molecule has 1 heterocycles. The number of hydrogen-bond donors (Lipinski definition) is 0. The largest absolute Gasteiger partial charge is 0.329 e. The Hall–Kier alpha value is -1.61. The number of nitrogens with zero attached hydrogens (tertiary/aromatic N) is 3. The summed E-state index contributed by atoms with van der Waals surface area (Å²) in [5, 5.41) is 0.494. The smallest absolute Gasteiger partial charge is 0.140 e. The first-order valence-corrected chi connectivity index (χ1v) is 5.75. The van der Waals surface area contributed by atoms with Crippen LogP contribution in [-0.4, -0.2) is 17.0 Å². The van der Waals surface area contributed by atoms with Crippen LogP contribution < -0.4 is 4.90 Å². The minimum absolute atomic E-state index is 0.494. The van der Waals surface area contributed by atoms with Crippen LogP contribution >= 0.6 is 11.6 Å². The summed E-state index contributed by atoms with van der Waals surface area (Å²) in [6.07, 6.45) is 1.48. The van der Waals surface area contributed by atoms with E-state index in [9.17, 15) is 0 Å². The molecule has 0 unspecified atom stereocenters. The zero-order valence-electron chi connectivity index (χ0n) is 10.1. The number of hydrogen-bond acceptors (Lipinski definition) is 3. The van der Waals surface area contributed by atoms with E-state index in [1.807, 2.05) is 18.9 Å². The average molecular weight is 248 g/mol. The van der Waals surface area contributed by atoms with Crippen molar-refractivity contribution in [2.45, 2.75) is 13.8 Å². The summed E-state index contributed by atoms with van der Waals surface area (Å²) in [7, 11) is 1.97. The van der Waals surface area contributed by atoms with Crippen molar-refractivity contribution in [3.63, 3.8) is 0 Å². The molecule has 2 rings (SSSR count). The van der Waals surface area contributed by atoms with Crippen LogP contribution in [0.15, 0.2) is 30.6 Å². The number of benzene rings is 1. The molecule has 3 nitrogen and oxygen atoms in total. The van der Waals surface area contributed by atoms with E-state index in [1.165, 1.54) is 11.9 Å². The summed E-state index contributed by atoms with van der Waals surface area (Å²) in [5.41, 5.74) is 3.20. The van der Waals surface area contributed by atoms with Crippen molar-refractivity contribution in [2.75, 3.05) is 11.9 Å². The Morgan fingerprint density at radius 2 is 1.71 bits per heavy atom. The molecular weight excluding hydrogens is 234 g/mol. The fourth-order valence-electron chi connectivity index (χ4n) is 1.65. The van der Waals surface area contributed by atoms with Crippen molar-refractivity contribution < 1.29 is 0 Å². The Morgan fingerprint density at radius 3 is 2.35 bits per heavy atom. The standard InChI is InChI=1S/C13H14ClN3/c1-9-4-6-11(7-5-9)17(3)13-10(2)12(14)15-8-16-13/h4-8H,1-3H3. The van der Waals surface area contributed by atoms with E-state index in [1.54, 1.807) is 0 Å². The first-order valence-electron chi connectivity index (χ1n) is 5.37. The third-order valence-corrected chi connectivity index (χ3v) is 3.12. The monoisotopic (exact) mass is 247 g/mol. The van der Waals surface area contributed by atoms with Crippen molar-refractivity contribution in [3.8, 4) is 0 Å². The van der Waals surface area contributed by atoms with E-state index < -0.39 is 0 Å². The van der Waals surface area contributed by atoms with E-state index in [2.05, 4.69) is 41.2 Å². The molecule has 0 fully saturated rings. The molecule has 17 heavy (non-hydrogen) atoms. The highest BCUT2D eigenvalue weighted by molar-refractivity contribution is 6.30. The van der Waals surface area contributed by atoms with Crippen LogP contribution in [0, 0.1) is 13.8 Å². The molecule has 0 saturated carbocycles. The van der Waals surface area contributed by atoms with Crippen LogP contribution in [-0.2, 0) is 0 Å². The van der Waals surface area contributed by atoms with E-state index in [0.717, 1.165) is 17.1 Å². The molecule has 0 bridgehead atoms. The Kier molecular flexibility index (Phi) is 3.29. The van der Waals surface area contributed by atoms with E-state index in [4.69, 9.17) is 11.6 Å². The van der Waals surface area contributed by atoms with Gasteiger partial charge in [0, 0.05) is 18.3 Å². The van der Waals surface area contributed by atoms with Crippen LogP contribution in [0.2, 0.25) is 5.15 Å². The van der Waals surface area contributed by atoms with Crippen molar-refractivity contribution in [3.05, 3.63) is 46.9 Å². The molecule has 0 radical (unpaired) electrons. The van der Waals surface area contributed by atoms with Gasteiger partial charge in [-0.05, 0) is 26.0 Å². The van der Waals surface area contributed by atoms with E-state index in [0.29, 0.717) is 5.15 Å². The predicted octanol–water partition coefficient (Wildman–Crippen LogP) is 3.51. The summed E-state index contributed by atoms with van der Waals surface area (Å²) >= 11 is 5.99. The lowest BCUT2D eigenvalue weighted by atomic mass is 10.2. The van der Waals surface area contributed by atoms with Crippen LogP contribution in [0.3, 0.4) is 0 Å². The topological polar surface area (TPSA) is 29.0 Å². The second kappa shape index (κ2) is 4.72. The van der Waals surface area contributed by atoms with Gasteiger partial charge in [-0.15, -0.1) is 0 Å². The predicted molar refractivity (Wildman–Crippen MR) is 71.0 cm³/mol. The summed E-state index contributed by atoms with van der Waals surface area (Å²) in [6.45, 7) is 3.99. The molecule has 0 amide bonds. The highest BCUT2D eigenvalue weighted by Crippen LogP contribution is 2.27. The quantitative estimate of drug-likeness (QED) is 0.761. The Labute approximate surface area is 106 Å². The first-order chi connectivity index (χ1) is 8.09. The maximum absolute atomic E-state index is 5.99. The number of halogens is 1. The maximum Gasteiger partial charge on any atom is 0.140 e. The highest BCUT2D eigenvalue weighted by atomic mass is 35.5. The second-order valence-electron chi connectivity index (χ2n) is 4.01. The van der Waals surface area contributed by atoms with Gasteiger partial charge in [0.25, 0.3) is 0 Å². The summed E-state index contributed by atoms with van der Waals surface area (Å²) < 4.78 is 0. The minimum Gasteiger partial charge on any atom is -0.329 e. The summed E-state index contributed by atoms with van der Waals surface area (Å²) in [6, 6.07) is 8.27. The fourth-order valence-corrected chi connectivity index (χ4v) is 1.78. The van der Waals surface area contributed by atoms with Crippen LogP contribution in [0.1, 0.15) is 11.1 Å². The summed E-state index contributed by atoms with van der Waals surface area (Å²) in [4.78, 5) is 10.2. The zero-order valence-corrected chi connectivity index (χ0v) is 10.9. The van der Waals surface area contributed by atoms with Crippen molar-refractivity contribution in [1.29, 1.82) is 0 Å². The van der Waals surface area contributed by atoms with Gasteiger partial charge >= 0.3 is 0 Å². The van der Waals surface area contributed by atoms with Gasteiger partial charge in [-0.2, -0.15) is 0 Å². The van der Waals surface area contributed by atoms with Crippen molar-refractivity contribution in [1.82, 2.24) is 9.97 Å². The minimum atomic E-state index is 0.494. The van der Waals surface area contributed by atoms with Crippen LogP contribution in [0.4, 0.5) is 11.5 Å². The van der Waals surface area contributed by atoms with Gasteiger partial charge in [-0.1, -0.05) is 29.3 Å². The molecule has 1 aromatic carbocycles. The molecule has 0 N–H and O–H groups in total. The molecule has 0 atom stereocenters. The molecule has 2 aromatic rings. The molecule has 88 valence electrons. The summed E-state index contributed by atoms with van der Waals surface area (Å²) in [5.74, 6) is 0.828. The number of aryl methyl sites for hydroxylation is 1. The third-order valence-electron chi connectivity index (χ3n) is 2.73. The van der Waals surface area contributed by atoms with Gasteiger partial charge in [0.2, 0.25) is 0 Å². The highest BCUT2D eigenvalue weighted by Gasteiger charge is 2.10. The molecule has 0 aliphatic rings. The fraction of sp³-hybridized carbons (Fsp3) is 0.231. The number of rotatable bonds is 2. The van der Waals surface area contributed by atoms with Gasteiger partial charge in [0.15, 0.2) is 0 Å². The van der Waals surface area contributed by atoms with E-state index >= 15 is 0 Å². The average Bonchev–Trinajstić information content (AvgIpc) is 2.33. The molecule has 0 saturated heterocycles. The second-order valence-corrected chi connectivity index (χ2v) is 4.37. The normalized spacial score (nSPS) is 10.4. The van der Waals surface area contributed by atoms with Gasteiger partial charge in [0.05, 0.1) is 0 Å². The van der Waals surface area contributed by atoms with Crippen LogP contribution in [0.5, 0.6) is 0 Å². The zero-order chi connectivity index (χ0) is 12.4. The molecule has 1 aromatic heterocycles. The van der Waals surface area contributed by atoms with Crippen molar-refractivity contribution >= 4 is 23.1 Å². The van der Waals surface area contributed by atoms with Crippen LogP contribution in [0.25, 0.3) is 0 Å². The molecule has 0 aliphatic carbocycles. The van der Waals surface area contributed by atoms with Gasteiger partial charge in [-0.3, -0.25) is 0 Å². The molecule has 0 spiro atoms. The molecular formula is C13H14ClN3. The van der Waals surface area contributed by atoms with Crippen molar-refractivity contribution in [2.24, 2.45) is 0 Å². The van der Waals surface area contributed by atoms with Gasteiger partial charge in [0.1, 0.15) is 17.3 Å². The van der Waals surface area contributed by atoms with E-state index in [-0.39, 0.29) is 0 Å². The van der Waals surface area contributed by atoms with Gasteiger partial charge in [-0.25, -0.2) is 9.97 Å². The Balaban J connectivity index is 2.40. The first kappa shape index (κ1) is 11.9. The lowest BCUT2D eigenvalue weighted by molar-refractivity contribution is 1.05. The third kappa shape index (κ3) is 2.39. The lowest BCUT2D eigenvalue weighted by Crippen LogP contribution is -2.13. The lowest BCUT2D eigenvalue weighted by Gasteiger charge is -2.20. The Bertz CT molecular complexity index is 523. The number of anilines is 2. The molecule has 4 heteroatoms. The molecule has 0 aliphatic heterocycles. The Morgan fingerprint density at radius 1 is 1.06 bits per heavy atom. The number of aromatic nitrogens is 2. The van der Waals surface area contributed by atoms with Gasteiger partial charge < -0.3 is 4.90 Å². The SMILES string of the molecule is Cc1ccc(N(C)c2ncnc(Cl)c2C)cc1. The maximum atomic E-state index is 5.99.